The zero-order chi connectivity index (χ0) is 10.7. The maximum Gasteiger partial charge on any atom is 0.140 e. The molecular formula is C12H12FNO. The van der Waals surface area contributed by atoms with Crippen LogP contribution in [0.3, 0.4) is 0 Å². The lowest BCUT2D eigenvalue weighted by Crippen LogP contribution is -2.25. The van der Waals surface area contributed by atoms with Crippen molar-refractivity contribution in [2.24, 2.45) is 0 Å². The van der Waals surface area contributed by atoms with Gasteiger partial charge in [0.05, 0.1) is 0 Å². The van der Waals surface area contributed by atoms with Gasteiger partial charge in [-0.15, -0.1) is 0 Å². The Morgan fingerprint density at radius 2 is 2.00 bits per heavy atom. The number of rotatable bonds is 1. The average molecular weight is 205 g/mol. The summed E-state index contributed by atoms with van der Waals surface area (Å²) in [6.45, 7) is 0.700. The summed E-state index contributed by atoms with van der Waals surface area (Å²) < 4.78 is 12.6. The molecule has 0 amide bonds. The first-order valence-corrected chi connectivity index (χ1v) is 4.96. The monoisotopic (exact) mass is 205 g/mol. The van der Waals surface area contributed by atoms with E-state index in [0.29, 0.717) is 19.4 Å². The lowest BCUT2D eigenvalue weighted by Gasteiger charge is -2.15. The number of hydrogen-bond donors (Lipinski definition) is 1. The summed E-state index contributed by atoms with van der Waals surface area (Å²) in [7, 11) is 0. The Morgan fingerprint density at radius 3 is 2.67 bits per heavy atom. The van der Waals surface area contributed by atoms with E-state index in [0.717, 1.165) is 11.3 Å². The van der Waals surface area contributed by atoms with Gasteiger partial charge < -0.3 is 5.32 Å². The molecule has 0 aliphatic carbocycles. The van der Waals surface area contributed by atoms with Gasteiger partial charge in [-0.2, -0.15) is 0 Å². The van der Waals surface area contributed by atoms with Crippen molar-refractivity contribution in [2.75, 3.05) is 6.54 Å². The Morgan fingerprint density at radius 1 is 1.27 bits per heavy atom. The van der Waals surface area contributed by atoms with Crippen LogP contribution in [0.15, 0.2) is 30.0 Å². The van der Waals surface area contributed by atoms with Crippen LogP contribution in [0.5, 0.6) is 0 Å². The average Bonchev–Trinajstić information content (AvgIpc) is 2.22. The van der Waals surface area contributed by atoms with Gasteiger partial charge in [0.1, 0.15) is 11.6 Å². The van der Waals surface area contributed by atoms with Crippen molar-refractivity contribution in [1.29, 1.82) is 0 Å². The molecule has 78 valence electrons. The maximum absolute atomic E-state index is 12.6. The summed E-state index contributed by atoms with van der Waals surface area (Å²) in [5.74, 6) is 0.00643. The number of allylic oxidation sites excluding steroid dienone is 1. The molecule has 1 saturated heterocycles. The third-order valence-corrected chi connectivity index (χ3v) is 2.35. The third kappa shape index (κ3) is 2.65. The SMILES string of the molecule is O=C1CCNC(=Cc2ccc(F)cc2)C1. The summed E-state index contributed by atoms with van der Waals surface area (Å²) in [6, 6.07) is 6.22. The molecule has 1 aromatic carbocycles. The van der Waals surface area contributed by atoms with Gasteiger partial charge in [-0.1, -0.05) is 12.1 Å². The summed E-state index contributed by atoms with van der Waals surface area (Å²) in [5, 5.41) is 3.16. The number of Topliss-reactive ketones (excluding diaryl/α,β-unsaturated/α-hetero) is 1. The Kier molecular flexibility index (Phi) is 2.81. The first-order valence-electron chi connectivity index (χ1n) is 4.96. The minimum absolute atomic E-state index is 0.246. The van der Waals surface area contributed by atoms with Gasteiger partial charge >= 0.3 is 0 Å². The minimum atomic E-state index is -0.246. The molecular weight excluding hydrogens is 193 g/mol. The minimum Gasteiger partial charge on any atom is -0.388 e. The topological polar surface area (TPSA) is 29.1 Å². The fourth-order valence-electron chi connectivity index (χ4n) is 1.59. The highest BCUT2D eigenvalue weighted by Gasteiger charge is 2.11. The van der Waals surface area contributed by atoms with E-state index >= 15 is 0 Å². The number of carbonyl (C=O) groups is 1. The maximum atomic E-state index is 12.6. The van der Waals surface area contributed by atoms with Gasteiger partial charge in [-0.25, -0.2) is 4.39 Å². The molecule has 0 atom stereocenters. The van der Waals surface area contributed by atoms with Crippen LogP contribution < -0.4 is 5.32 Å². The van der Waals surface area contributed by atoms with Crippen LogP contribution in [0.1, 0.15) is 18.4 Å². The Balaban J connectivity index is 2.15. The van der Waals surface area contributed by atoms with Crippen LogP contribution in [0.25, 0.3) is 6.08 Å². The fourth-order valence-corrected chi connectivity index (χ4v) is 1.59. The Bertz CT molecular complexity index is 395. The molecule has 1 N–H and O–H groups in total. The highest BCUT2D eigenvalue weighted by atomic mass is 19.1. The van der Waals surface area contributed by atoms with Gasteiger partial charge in [0.2, 0.25) is 0 Å². The number of halogens is 1. The lowest BCUT2D eigenvalue weighted by molar-refractivity contribution is -0.119. The number of nitrogens with one attached hydrogen (secondary N) is 1. The van der Waals surface area contributed by atoms with E-state index in [1.807, 2.05) is 6.08 Å². The van der Waals surface area contributed by atoms with E-state index in [-0.39, 0.29) is 11.6 Å². The molecule has 3 heteroatoms. The zero-order valence-corrected chi connectivity index (χ0v) is 8.29. The van der Waals surface area contributed by atoms with E-state index in [1.165, 1.54) is 12.1 Å². The van der Waals surface area contributed by atoms with Crippen LogP contribution in [0, 0.1) is 5.82 Å². The molecule has 1 aromatic rings. The molecule has 1 aliphatic rings. The lowest BCUT2D eigenvalue weighted by atomic mass is 10.1. The van der Waals surface area contributed by atoms with Crippen molar-refractivity contribution in [3.63, 3.8) is 0 Å². The number of hydrogen-bond acceptors (Lipinski definition) is 2. The first kappa shape index (κ1) is 9.90. The molecule has 0 bridgehead atoms. The predicted molar refractivity (Wildman–Crippen MR) is 56.6 cm³/mol. The van der Waals surface area contributed by atoms with E-state index in [4.69, 9.17) is 0 Å². The molecule has 0 saturated carbocycles. The second-order valence-corrected chi connectivity index (χ2v) is 3.61. The molecule has 1 aliphatic heterocycles. The van der Waals surface area contributed by atoms with Gasteiger partial charge in [-0.3, -0.25) is 4.79 Å². The second kappa shape index (κ2) is 4.26. The van der Waals surface area contributed by atoms with Crippen LogP contribution in [0.2, 0.25) is 0 Å². The molecule has 15 heavy (non-hydrogen) atoms. The Hall–Kier alpha value is -1.64. The van der Waals surface area contributed by atoms with E-state index in [2.05, 4.69) is 5.32 Å². The standard InChI is InChI=1S/C12H12FNO/c13-10-3-1-9(2-4-10)7-11-8-12(15)5-6-14-11/h1-4,7,14H,5-6,8H2. The molecule has 1 fully saturated rings. The largest absolute Gasteiger partial charge is 0.388 e. The van der Waals surface area contributed by atoms with Crippen LogP contribution in [-0.2, 0) is 4.79 Å². The quantitative estimate of drug-likeness (QED) is 0.760. The van der Waals surface area contributed by atoms with E-state index in [1.54, 1.807) is 12.1 Å². The molecule has 0 aromatic heterocycles. The summed E-state index contributed by atoms with van der Waals surface area (Å²) in [5.41, 5.74) is 1.83. The molecule has 0 unspecified atom stereocenters. The van der Waals surface area contributed by atoms with E-state index in [9.17, 15) is 9.18 Å². The highest BCUT2D eigenvalue weighted by molar-refractivity contribution is 5.83. The third-order valence-electron chi connectivity index (χ3n) is 2.35. The van der Waals surface area contributed by atoms with Crippen LogP contribution in [0.4, 0.5) is 4.39 Å². The van der Waals surface area contributed by atoms with Crippen LogP contribution >= 0.6 is 0 Å². The van der Waals surface area contributed by atoms with Crippen LogP contribution in [-0.4, -0.2) is 12.3 Å². The normalized spacial score (nSPS) is 19.0. The van der Waals surface area contributed by atoms with Crippen molar-refractivity contribution >= 4 is 11.9 Å². The summed E-state index contributed by atoms with van der Waals surface area (Å²) in [6.07, 6.45) is 2.94. The van der Waals surface area contributed by atoms with Crippen molar-refractivity contribution in [3.8, 4) is 0 Å². The number of ketones is 1. The van der Waals surface area contributed by atoms with Crippen molar-refractivity contribution in [1.82, 2.24) is 5.32 Å². The van der Waals surface area contributed by atoms with Gasteiger partial charge in [0.25, 0.3) is 0 Å². The van der Waals surface area contributed by atoms with E-state index < -0.39 is 0 Å². The number of piperidine rings is 1. The summed E-state index contributed by atoms with van der Waals surface area (Å²) in [4.78, 5) is 11.2. The van der Waals surface area contributed by atoms with Gasteiger partial charge in [0.15, 0.2) is 0 Å². The smallest absolute Gasteiger partial charge is 0.140 e. The number of benzene rings is 1. The number of carbonyl (C=O) groups excluding carboxylic acids is 1. The highest BCUT2D eigenvalue weighted by Crippen LogP contribution is 2.12. The molecule has 2 nitrogen and oxygen atoms in total. The van der Waals surface area contributed by atoms with Crippen molar-refractivity contribution in [2.45, 2.75) is 12.8 Å². The first-order chi connectivity index (χ1) is 7.24. The van der Waals surface area contributed by atoms with Crippen molar-refractivity contribution < 1.29 is 9.18 Å². The molecule has 0 radical (unpaired) electrons. The fraction of sp³-hybridized carbons (Fsp3) is 0.250. The predicted octanol–water partition coefficient (Wildman–Crippen LogP) is 2.12. The second-order valence-electron chi connectivity index (χ2n) is 3.61. The zero-order valence-electron chi connectivity index (χ0n) is 8.29. The van der Waals surface area contributed by atoms with Gasteiger partial charge in [0, 0.05) is 25.1 Å². The van der Waals surface area contributed by atoms with Crippen molar-refractivity contribution in [3.05, 3.63) is 41.3 Å². The molecule has 0 spiro atoms. The molecule has 1 heterocycles. The Labute approximate surface area is 87.8 Å². The summed E-state index contributed by atoms with van der Waals surface area (Å²) >= 11 is 0. The molecule has 2 rings (SSSR count). The van der Waals surface area contributed by atoms with Gasteiger partial charge in [-0.05, 0) is 23.8 Å².